The van der Waals surface area contributed by atoms with Crippen molar-refractivity contribution in [3.8, 4) is 5.69 Å². The summed E-state index contributed by atoms with van der Waals surface area (Å²) in [6.45, 7) is 13.5. The highest BCUT2D eigenvalue weighted by atomic mass is 15.2. The fraction of sp³-hybridized carbons (Fsp3) is 0.148. The van der Waals surface area contributed by atoms with Gasteiger partial charge in [-0.2, -0.15) is 0 Å². The molecular weight excluding hydrogens is 1030 g/mol. The maximum Gasteiger partial charge on any atom is 0.0781 e. The fourth-order valence-electron chi connectivity index (χ4n) is 12.9. The summed E-state index contributed by atoms with van der Waals surface area (Å²) >= 11 is 0. The van der Waals surface area contributed by atoms with Crippen molar-refractivity contribution in [3.05, 3.63) is 316 Å². The maximum absolute atomic E-state index is 5.40. The molecule has 416 valence electrons. The number of para-hydroxylation sites is 2. The molecule has 0 aliphatic heterocycles. The van der Waals surface area contributed by atoms with Crippen molar-refractivity contribution in [2.75, 3.05) is 9.80 Å². The van der Waals surface area contributed by atoms with Crippen LogP contribution in [0.3, 0.4) is 0 Å². The summed E-state index contributed by atoms with van der Waals surface area (Å²) in [7, 11) is 0. The van der Waals surface area contributed by atoms with Crippen LogP contribution in [0.25, 0.3) is 45.1 Å². The van der Waals surface area contributed by atoms with E-state index in [1.807, 2.05) is 0 Å². The van der Waals surface area contributed by atoms with Gasteiger partial charge in [-0.15, -0.1) is 0 Å². The average molecular weight is 1100 g/mol. The summed E-state index contributed by atoms with van der Waals surface area (Å²) in [6, 6.07) is 74.6. The zero-order valence-corrected chi connectivity index (χ0v) is 49.4. The second-order valence-electron chi connectivity index (χ2n) is 23.0. The molecule has 0 fully saturated rings. The van der Waals surface area contributed by atoms with Crippen molar-refractivity contribution < 1.29 is 0 Å². The highest BCUT2D eigenvalue weighted by Gasteiger charge is 2.23. The molecule has 1 aromatic heterocycles. The van der Waals surface area contributed by atoms with Gasteiger partial charge in [0, 0.05) is 61.6 Å². The van der Waals surface area contributed by atoms with Gasteiger partial charge in [0.1, 0.15) is 0 Å². The van der Waals surface area contributed by atoms with Crippen LogP contribution in [0.4, 0.5) is 39.8 Å². The van der Waals surface area contributed by atoms with E-state index in [9.17, 15) is 0 Å². The Labute approximate surface area is 502 Å². The number of rotatable bonds is 12. The van der Waals surface area contributed by atoms with Crippen LogP contribution in [0.2, 0.25) is 0 Å². The van der Waals surface area contributed by atoms with Crippen LogP contribution >= 0.6 is 0 Å². The number of aromatic nitrogens is 1. The van der Waals surface area contributed by atoms with Gasteiger partial charge in [-0.1, -0.05) is 182 Å². The molecule has 0 atom stereocenters. The summed E-state index contributed by atoms with van der Waals surface area (Å²) in [5.74, 6) is 0. The largest absolute Gasteiger partial charge is 0.310 e. The SMILES string of the molecule is C=C(C(=Nc1ccccc1C)c1ccc(N(c2ccc(C)cc2)c2cccc3c2C=CCC3)cc1)c1ccc(N(c2ccc(-n3c4c(c5ccccc53)CCC=C4)cc2)c2cccc3ccccc23)cc1.CC1=C(C2=C(C)CCC=C2)CCC=C1. The molecule has 4 aliphatic carbocycles. The Morgan fingerprint density at radius 3 is 1.80 bits per heavy atom. The first-order chi connectivity index (χ1) is 41.8. The van der Waals surface area contributed by atoms with Gasteiger partial charge in [-0.05, 0) is 214 Å². The highest BCUT2D eigenvalue weighted by Crippen LogP contribution is 2.43. The molecule has 0 amide bonds. The molecule has 0 saturated carbocycles. The van der Waals surface area contributed by atoms with Crippen molar-refractivity contribution in [1.82, 2.24) is 4.57 Å². The van der Waals surface area contributed by atoms with Crippen LogP contribution in [-0.4, -0.2) is 10.3 Å². The predicted octanol–water partition coefficient (Wildman–Crippen LogP) is 22.4. The Hall–Kier alpha value is -9.77. The number of hydrogen-bond donors (Lipinski definition) is 0. The van der Waals surface area contributed by atoms with Gasteiger partial charge in [0.2, 0.25) is 0 Å². The normalized spacial score (nSPS) is 14.5. The van der Waals surface area contributed by atoms with Crippen molar-refractivity contribution >= 4 is 84.9 Å². The molecule has 0 saturated heterocycles. The second-order valence-corrected chi connectivity index (χ2v) is 23.0. The Morgan fingerprint density at radius 2 is 1.05 bits per heavy atom. The lowest BCUT2D eigenvalue weighted by atomic mass is 9.86. The molecule has 0 bridgehead atoms. The minimum atomic E-state index is 0.830. The topological polar surface area (TPSA) is 23.8 Å². The summed E-state index contributed by atoms with van der Waals surface area (Å²) in [4.78, 5) is 10.2. The van der Waals surface area contributed by atoms with E-state index in [4.69, 9.17) is 11.6 Å². The summed E-state index contributed by atoms with van der Waals surface area (Å²) in [5.41, 5.74) is 27.4. The Balaban J connectivity index is 0.000000420. The number of aliphatic imine (C=N–C) groups is 1. The van der Waals surface area contributed by atoms with Crippen LogP contribution in [0.5, 0.6) is 0 Å². The number of aryl methyl sites for hydroxylation is 4. The lowest BCUT2D eigenvalue weighted by Gasteiger charge is -2.29. The standard InChI is InChI=1S/C67H54N4.C14H18/c1-46-30-36-53(37-31-46)69(63-28-14-19-50-17-5-7-21-58(50)63)55-40-34-52(35-41-55)67(68-62-25-11-4-16-47(62)2)48(3)49-32-38-54(39-33-49)70(64-29-15-20-51-18-6-8-22-59(51)64)56-42-44-57(45-43-56)71-65-26-12-9-23-60(65)61-24-10-13-27-66(61)71;1-11-7-3-5-9-13(11)14-10-6-4-8-12(14)2/h4,6-9,11-16,18-23,25-45H,3,5,10,17,24H2,1-2H3;3,6-7,10H,4-5,8-9H2,1-2H3. The van der Waals surface area contributed by atoms with Crippen LogP contribution in [0, 0.1) is 13.8 Å². The average Bonchev–Trinajstić information content (AvgIpc) is 2.73. The number of anilines is 6. The van der Waals surface area contributed by atoms with Crippen molar-refractivity contribution in [2.45, 2.75) is 79.1 Å². The summed E-state index contributed by atoms with van der Waals surface area (Å²) in [6.07, 6.45) is 27.5. The third-order valence-electron chi connectivity index (χ3n) is 17.5. The maximum atomic E-state index is 5.40. The Bertz CT molecular complexity index is 4370. The van der Waals surface area contributed by atoms with Gasteiger partial charge in [-0.25, -0.2) is 4.99 Å². The number of nitrogens with zero attached hydrogens (tertiary/aromatic N) is 4. The summed E-state index contributed by atoms with van der Waals surface area (Å²) in [5, 5.41) is 3.71. The first kappa shape index (κ1) is 54.5. The van der Waals surface area contributed by atoms with E-state index >= 15 is 0 Å². The lowest BCUT2D eigenvalue weighted by Crippen LogP contribution is -2.13. The van der Waals surface area contributed by atoms with Crippen molar-refractivity contribution in [1.29, 1.82) is 0 Å². The molecular formula is C81H72N4. The number of benzene rings is 9. The van der Waals surface area contributed by atoms with Gasteiger partial charge in [0.05, 0.1) is 28.3 Å². The van der Waals surface area contributed by atoms with Crippen LogP contribution < -0.4 is 9.80 Å². The quantitative estimate of drug-likeness (QED) is 0.114. The highest BCUT2D eigenvalue weighted by molar-refractivity contribution is 6.32. The van der Waals surface area contributed by atoms with Gasteiger partial charge in [-0.3, -0.25) is 0 Å². The molecule has 4 nitrogen and oxygen atoms in total. The molecule has 9 aromatic carbocycles. The van der Waals surface area contributed by atoms with Crippen LogP contribution in [0.1, 0.15) is 97.0 Å². The predicted molar refractivity (Wildman–Crippen MR) is 365 cm³/mol. The number of fused-ring (bicyclic) bond motifs is 5. The molecule has 10 aromatic rings. The second kappa shape index (κ2) is 24.2. The molecule has 0 spiro atoms. The van der Waals surface area contributed by atoms with Gasteiger partial charge in [0.25, 0.3) is 0 Å². The molecule has 1 heterocycles. The molecule has 85 heavy (non-hydrogen) atoms. The molecule has 4 aliphatic rings. The van der Waals surface area contributed by atoms with Crippen molar-refractivity contribution in [3.63, 3.8) is 0 Å². The van der Waals surface area contributed by atoms with E-state index in [2.05, 4.69) is 297 Å². The van der Waals surface area contributed by atoms with Gasteiger partial charge in [0.15, 0.2) is 0 Å². The molecule has 4 heteroatoms. The van der Waals surface area contributed by atoms with Crippen molar-refractivity contribution in [2.24, 2.45) is 4.99 Å². The first-order valence-electron chi connectivity index (χ1n) is 30.4. The van der Waals surface area contributed by atoms with E-state index in [1.54, 1.807) is 11.1 Å². The molecule has 0 N–H and O–H groups in total. The zero-order valence-electron chi connectivity index (χ0n) is 49.4. The van der Waals surface area contributed by atoms with E-state index in [1.165, 1.54) is 92.1 Å². The van der Waals surface area contributed by atoms with E-state index in [-0.39, 0.29) is 0 Å². The lowest BCUT2D eigenvalue weighted by molar-refractivity contribution is 0.901. The monoisotopic (exact) mass is 1100 g/mol. The first-order valence-corrected chi connectivity index (χ1v) is 30.4. The van der Waals surface area contributed by atoms with Crippen LogP contribution in [0.15, 0.2) is 277 Å². The minimum absolute atomic E-state index is 0.830. The minimum Gasteiger partial charge on any atom is -0.310 e. The smallest absolute Gasteiger partial charge is 0.0781 e. The van der Waals surface area contributed by atoms with Gasteiger partial charge >= 0.3 is 0 Å². The fourth-order valence-corrected chi connectivity index (χ4v) is 12.9. The van der Waals surface area contributed by atoms with E-state index < -0.39 is 0 Å². The molecule has 0 unspecified atom stereocenters. The van der Waals surface area contributed by atoms with E-state index in [0.717, 1.165) is 93.5 Å². The number of hydrogen-bond acceptors (Lipinski definition) is 3. The number of allylic oxidation sites excluding steroid dienone is 11. The third-order valence-corrected chi connectivity index (χ3v) is 17.5. The zero-order chi connectivity index (χ0) is 57.8. The third kappa shape index (κ3) is 11.0. The summed E-state index contributed by atoms with van der Waals surface area (Å²) < 4.78 is 2.42. The molecule has 14 rings (SSSR count). The molecule has 0 radical (unpaired) electrons. The van der Waals surface area contributed by atoms with Gasteiger partial charge < -0.3 is 14.4 Å². The Kier molecular flexibility index (Phi) is 15.5. The van der Waals surface area contributed by atoms with E-state index in [0.29, 0.717) is 0 Å². The van der Waals surface area contributed by atoms with Crippen LogP contribution in [-0.2, 0) is 12.8 Å². The Morgan fingerprint density at radius 1 is 0.471 bits per heavy atom.